The Balaban J connectivity index is 2.24. The largest absolute Gasteiger partial charge is 0.461 e. The predicted octanol–water partition coefficient (Wildman–Crippen LogP) is 0.458. The first kappa shape index (κ1) is 16.8. The first-order valence-corrected chi connectivity index (χ1v) is 7.92. The standard InChI is InChI=1S/C13H14ClNO6S/c1-6(16)20-3-8-5-22-13-10(14)12(19)15(13)11(8)9(18)4-21-7(2)17/h10,13H,3-5H2,1-2H3/t10-,13-/m0/s1. The summed E-state index contributed by atoms with van der Waals surface area (Å²) in [5, 5.41) is -1.01. The van der Waals surface area contributed by atoms with E-state index in [1.165, 1.54) is 30.5 Å². The lowest BCUT2D eigenvalue weighted by Gasteiger charge is -2.47. The number of thioether (sulfide) groups is 1. The number of β-lactam (4-membered cyclic amide) rings is 1. The third-order valence-electron chi connectivity index (χ3n) is 3.10. The molecule has 0 unspecified atom stereocenters. The number of ketones is 1. The van der Waals surface area contributed by atoms with Gasteiger partial charge in [-0.3, -0.25) is 24.1 Å². The van der Waals surface area contributed by atoms with E-state index < -0.39 is 29.7 Å². The molecule has 2 aliphatic heterocycles. The van der Waals surface area contributed by atoms with Crippen molar-refractivity contribution in [3.63, 3.8) is 0 Å². The summed E-state index contributed by atoms with van der Waals surface area (Å²) in [5.74, 6) is -1.57. The zero-order chi connectivity index (χ0) is 16.4. The van der Waals surface area contributed by atoms with Gasteiger partial charge in [0, 0.05) is 25.2 Å². The number of hydrogen-bond acceptors (Lipinski definition) is 7. The van der Waals surface area contributed by atoms with E-state index in [0.29, 0.717) is 11.3 Å². The van der Waals surface area contributed by atoms with Crippen molar-refractivity contribution >= 4 is 47.0 Å². The van der Waals surface area contributed by atoms with Crippen LogP contribution in [-0.4, -0.2) is 58.2 Å². The fourth-order valence-corrected chi connectivity index (χ4v) is 3.79. The Bertz CT molecular complexity index is 575. The first-order chi connectivity index (χ1) is 10.3. The van der Waals surface area contributed by atoms with Crippen LogP contribution in [-0.2, 0) is 28.7 Å². The molecule has 7 nitrogen and oxygen atoms in total. The molecular formula is C13H14ClNO6S. The molecular weight excluding hydrogens is 334 g/mol. The van der Waals surface area contributed by atoms with Gasteiger partial charge < -0.3 is 9.47 Å². The molecule has 0 N–H and O–H groups in total. The number of esters is 2. The third-order valence-corrected chi connectivity index (χ3v) is 5.02. The fraction of sp³-hybridized carbons (Fsp3) is 0.538. The molecule has 0 aromatic heterocycles. The number of rotatable bonds is 5. The molecule has 2 atom stereocenters. The van der Waals surface area contributed by atoms with Gasteiger partial charge in [-0.15, -0.1) is 23.4 Å². The Morgan fingerprint density at radius 3 is 2.50 bits per heavy atom. The molecule has 0 bridgehead atoms. The van der Waals surface area contributed by atoms with Crippen LogP contribution in [0.15, 0.2) is 11.3 Å². The van der Waals surface area contributed by atoms with Crippen LogP contribution >= 0.6 is 23.4 Å². The van der Waals surface area contributed by atoms with Crippen LogP contribution in [0.5, 0.6) is 0 Å². The Hall–Kier alpha value is -1.54. The second kappa shape index (κ2) is 6.70. The molecule has 2 rings (SSSR count). The van der Waals surface area contributed by atoms with Gasteiger partial charge in [-0.25, -0.2) is 0 Å². The number of nitrogens with zero attached hydrogens (tertiary/aromatic N) is 1. The smallest absolute Gasteiger partial charge is 0.303 e. The average Bonchev–Trinajstić information content (AvgIpc) is 2.48. The highest BCUT2D eigenvalue weighted by Gasteiger charge is 2.52. The number of amides is 1. The maximum Gasteiger partial charge on any atom is 0.303 e. The molecule has 0 radical (unpaired) electrons. The Labute approximate surface area is 135 Å². The molecule has 2 heterocycles. The van der Waals surface area contributed by atoms with Gasteiger partial charge in [0.2, 0.25) is 11.7 Å². The summed E-state index contributed by atoms with van der Waals surface area (Å²) in [7, 11) is 0. The van der Waals surface area contributed by atoms with Gasteiger partial charge in [0.15, 0.2) is 6.61 Å². The predicted molar refractivity (Wildman–Crippen MR) is 78.0 cm³/mol. The van der Waals surface area contributed by atoms with Crippen LogP contribution in [0.2, 0.25) is 0 Å². The Morgan fingerprint density at radius 2 is 1.91 bits per heavy atom. The lowest BCUT2D eigenvalue weighted by atomic mass is 10.0. The highest BCUT2D eigenvalue weighted by molar-refractivity contribution is 8.00. The number of fused-ring (bicyclic) bond motifs is 1. The van der Waals surface area contributed by atoms with Gasteiger partial charge in [-0.05, 0) is 0 Å². The highest BCUT2D eigenvalue weighted by Crippen LogP contribution is 2.42. The lowest BCUT2D eigenvalue weighted by molar-refractivity contribution is -0.146. The van der Waals surface area contributed by atoms with Crippen molar-refractivity contribution in [3.05, 3.63) is 11.3 Å². The van der Waals surface area contributed by atoms with E-state index in [4.69, 9.17) is 21.1 Å². The summed E-state index contributed by atoms with van der Waals surface area (Å²) in [6.45, 7) is 1.88. The number of ether oxygens (including phenoxy) is 2. The summed E-state index contributed by atoms with van der Waals surface area (Å²) in [6.07, 6.45) is 0. The number of Topliss-reactive ketones (excluding diaryl/α,β-unsaturated/α-hetero) is 1. The summed E-state index contributed by atoms with van der Waals surface area (Å²) >= 11 is 7.32. The Kier molecular flexibility index (Phi) is 5.12. The van der Waals surface area contributed by atoms with Crippen LogP contribution in [0, 0.1) is 0 Å². The molecule has 0 aliphatic carbocycles. The summed E-state index contributed by atoms with van der Waals surface area (Å²) in [4.78, 5) is 47.3. The number of carbonyl (C=O) groups excluding carboxylic acids is 4. The molecule has 1 amide bonds. The lowest BCUT2D eigenvalue weighted by Crippen LogP contribution is -2.63. The molecule has 0 aromatic rings. The van der Waals surface area contributed by atoms with Gasteiger partial charge in [0.25, 0.3) is 0 Å². The molecule has 0 saturated carbocycles. The summed E-state index contributed by atoms with van der Waals surface area (Å²) in [5.41, 5.74) is 0.624. The number of hydrogen-bond donors (Lipinski definition) is 0. The van der Waals surface area contributed by atoms with Gasteiger partial charge >= 0.3 is 11.9 Å². The second-order valence-corrected chi connectivity index (χ2v) is 6.32. The van der Waals surface area contributed by atoms with Crippen molar-refractivity contribution in [2.24, 2.45) is 0 Å². The first-order valence-electron chi connectivity index (χ1n) is 6.43. The van der Waals surface area contributed by atoms with Crippen LogP contribution < -0.4 is 0 Å². The van der Waals surface area contributed by atoms with E-state index in [9.17, 15) is 19.2 Å². The topological polar surface area (TPSA) is 90.0 Å². The maximum absolute atomic E-state index is 12.3. The second-order valence-electron chi connectivity index (χ2n) is 4.75. The van der Waals surface area contributed by atoms with Crippen molar-refractivity contribution in [2.75, 3.05) is 19.0 Å². The zero-order valence-corrected chi connectivity index (χ0v) is 13.5. The number of halogens is 1. The monoisotopic (exact) mass is 347 g/mol. The normalized spacial score (nSPS) is 23.6. The maximum atomic E-state index is 12.3. The highest BCUT2D eigenvalue weighted by atomic mass is 35.5. The molecule has 0 aromatic carbocycles. The molecule has 2 aliphatic rings. The van der Waals surface area contributed by atoms with E-state index >= 15 is 0 Å². The molecule has 120 valence electrons. The van der Waals surface area contributed by atoms with E-state index in [0.717, 1.165) is 0 Å². The SMILES string of the molecule is CC(=O)OCC(=O)C1=C(COC(C)=O)CS[C@H]2[C@@H](Cl)C(=O)N12. The minimum absolute atomic E-state index is 0.0903. The van der Waals surface area contributed by atoms with Gasteiger partial charge in [0.1, 0.15) is 17.4 Å². The average molecular weight is 348 g/mol. The van der Waals surface area contributed by atoms with Crippen molar-refractivity contribution in [2.45, 2.75) is 24.6 Å². The minimum Gasteiger partial charge on any atom is -0.461 e. The van der Waals surface area contributed by atoms with Crippen molar-refractivity contribution in [1.29, 1.82) is 0 Å². The van der Waals surface area contributed by atoms with Crippen LogP contribution in [0.25, 0.3) is 0 Å². The van der Waals surface area contributed by atoms with Gasteiger partial charge in [0.05, 0.1) is 5.70 Å². The molecule has 22 heavy (non-hydrogen) atoms. The summed E-state index contributed by atoms with van der Waals surface area (Å²) in [6, 6.07) is 0. The van der Waals surface area contributed by atoms with Crippen LogP contribution in [0.4, 0.5) is 0 Å². The quantitative estimate of drug-likeness (QED) is 0.405. The zero-order valence-electron chi connectivity index (χ0n) is 12.0. The fourth-order valence-electron chi connectivity index (χ4n) is 2.12. The van der Waals surface area contributed by atoms with E-state index in [1.54, 1.807) is 0 Å². The van der Waals surface area contributed by atoms with Crippen molar-refractivity contribution < 1.29 is 28.7 Å². The van der Waals surface area contributed by atoms with E-state index in [1.807, 2.05) is 0 Å². The van der Waals surface area contributed by atoms with Gasteiger partial charge in [-0.2, -0.15) is 0 Å². The number of carbonyl (C=O) groups is 4. The van der Waals surface area contributed by atoms with Crippen molar-refractivity contribution in [3.8, 4) is 0 Å². The van der Waals surface area contributed by atoms with E-state index in [2.05, 4.69) is 0 Å². The van der Waals surface area contributed by atoms with Crippen LogP contribution in [0.3, 0.4) is 0 Å². The third kappa shape index (κ3) is 3.27. The molecule has 9 heteroatoms. The van der Waals surface area contributed by atoms with E-state index in [-0.39, 0.29) is 23.6 Å². The Morgan fingerprint density at radius 1 is 1.27 bits per heavy atom. The minimum atomic E-state index is -0.684. The van der Waals surface area contributed by atoms with Crippen molar-refractivity contribution in [1.82, 2.24) is 4.90 Å². The molecule has 0 spiro atoms. The van der Waals surface area contributed by atoms with Crippen LogP contribution in [0.1, 0.15) is 13.8 Å². The number of alkyl halides is 1. The summed E-state index contributed by atoms with van der Waals surface area (Å²) < 4.78 is 9.61. The molecule has 1 fully saturated rings. The molecule has 1 saturated heterocycles. The van der Waals surface area contributed by atoms with Gasteiger partial charge in [-0.1, -0.05) is 0 Å².